The molecule has 8 heteroatoms. The molecule has 2 unspecified atom stereocenters. The van der Waals surface area contributed by atoms with E-state index < -0.39 is 0 Å². The summed E-state index contributed by atoms with van der Waals surface area (Å²) in [5.74, 6) is 3.19. The fraction of sp³-hybridized carbons (Fsp3) is 0.583. The summed E-state index contributed by atoms with van der Waals surface area (Å²) < 4.78 is 14.0. The van der Waals surface area contributed by atoms with E-state index in [1.54, 1.807) is 7.11 Å². The molecule has 7 nitrogen and oxygen atoms in total. The number of guanidine groups is 1. The lowest BCUT2D eigenvalue weighted by molar-refractivity contribution is 0.189. The van der Waals surface area contributed by atoms with Crippen LogP contribution in [-0.2, 0) is 6.54 Å². The second kappa shape index (κ2) is 11.8. The lowest BCUT2D eigenvalue weighted by Gasteiger charge is -2.39. The maximum atomic E-state index is 6.25. The molecule has 0 amide bonds. The Hall–Kier alpha value is -1.97. The van der Waals surface area contributed by atoms with E-state index in [4.69, 9.17) is 9.47 Å². The van der Waals surface area contributed by atoms with E-state index in [1.807, 2.05) is 25.6 Å². The number of methoxy groups -OCH3 is 1. The van der Waals surface area contributed by atoms with Gasteiger partial charge in [0.1, 0.15) is 0 Å². The topological polar surface area (TPSA) is 63.9 Å². The number of rotatable bonds is 6. The molecule has 4 rings (SSSR count). The first kappa shape index (κ1) is 24.7. The maximum Gasteiger partial charge on any atom is 0.193 e. The van der Waals surface area contributed by atoms with Gasteiger partial charge in [-0.15, -0.1) is 24.0 Å². The predicted octanol–water partition coefficient (Wildman–Crippen LogP) is 4.49. The molecule has 1 aromatic carbocycles. The van der Waals surface area contributed by atoms with Gasteiger partial charge in [-0.25, -0.2) is 4.98 Å². The van der Waals surface area contributed by atoms with Crippen LogP contribution in [0.1, 0.15) is 50.6 Å². The summed E-state index contributed by atoms with van der Waals surface area (Å²) in [7, 11) is 3.56. The average Bonchev–Trinajstić information content (AvgIpc) is 3.50. The molecule has 176 valence electrons. The normalized spacial score (nSPS) is 21.8. The first-order chi connectivity index (χ1) is 15.2. The van der Waals surface area contributed by atoms with Gasteiger partial charge in [-0.05, 0) is 55.7 Å². The van der Waals surface area contributed by atoms with E-state index in [0.717, 1.165) is 55.4 Å². The summed E-state index contributed by atoms with van der Waals surface area (Å²) in [4.78, 5) is 11.1. The number of imidazole rings is 1. The fourth-order valence-corrected chi connectivity index (χ4v) is 4.72. The van der Waals surface area contributed by atoms with E-state index in [2.05, 4.69) is 50.0 Å². The van der Waals surface area contributed by atoms with Crippen molar-refractivity contribution >= 4 is 29.9 Å². The summed E-state index contributed by atoms with van der Waals surface area (Å²) in [5.41, 5.74) is 1.16. The number of benzene rings is 1. The van der Waals surface area contributed by atoms with Crippen molar-refractivity contribution in [2.24, 2.45) is 10.9 Å². The van der Waals surface area contributed by atoms with Gasteiger partial charge in [0.25, 0.3) is 0 Å². The Bertz CT molecular complexity index is 867. The number of hydrogen-bond donors (Lipinski definition) is 1. The third-order valence-electron chi connectivity index (χ3n) is 6.61. The van der Waals surface area contributed by atoms with E-state index in [-0.39, 0.29) is 24.0 Å². The Balaban J connectivity index is 0.00000289. The number of ether oxygens (including phenoxy) is 2. The van der Waals surface area contributed by atoms with Crippen molar-refractivity contribution in [2.45, 2.75) is 57.7 Å². The summed E-state index contributed by atoms with van der Waals surface area (Å²) in [6, 6.07) is 6.60. The molecule has 1 aliphatic carbocycles. The summed E-state index contributed by atoms with van der Waals surface area (Å²) >= 11 is 0. The van der Waals surface area contributed by atoms with E-state index in [0.29, 0.717) is 24.6 Å². The zero-order valence-corrected chi connectivity index (χ0v) is 21.7. The average molecular weight is 553 g/mol. The van der Waals surface area contributed by atoms with Gasteiger partial charge < -0.3 is 24.3 Å². The molecule has 2 atom stereocenters. The third-order valence-corrected chi connectivity index (χ3v) is 6.61. The molecule has 2 fully saturated rings. The largest absolute Gasteiger partial charge is 0.493 e. The second-order valence-electron chi connectivity index (χ2n) is 8.70. The fourth-order valence-electron chi connectivity index (χ4n) is 4.72. The Morgan fingerprint density at radius 3 is 2.72 bits per heavy atom. The number of aromatic nitrogens is 2. The zero-order chi connectivity index (χ0) is 21.6. The first-order valence-corrected chi connectivity index (χ1v) is 11.4. The van der Waals surface area contributed by atoms with Crippen molar-refractivity contribution in [1.82, 2.24) is 19.8 Å². The number of hydrogen-bond acceptors (Lipinski definition) is 4. The highest BCUT2D eigenvalue weighted by atomic mass is 127. The van der Waals surface area contributed by atoms with Gasteiger partial charge in [0.05, 0.1) is 25.6 Å². The Labute approximate surface area is 208 Å². The summed E-state index contributed by atoms with van der Waals surface area (Å²) in [6.07, 6.45) is 12.0. The van der Waals surface area contributed by atoms with Crippen LogP contribution in [0.25, 0.3) is 0 Å². The van der Waals surface area contributed by atoms with Crippen LogP contribution in [0.4, 0.5) is 0 Å². The van der Waals surface area contributed by atoms with Crippen LogP contribution in [-0.4, -0.2) is 53.8 Å². The molecule has 1 saturated heterocycles. The van der Waals surface area contributed by atoms with Gasteiger partial charge in [-0.2, -0.15) is 0 Å². The van der Waals surface area contributed by atoms with Crippen molar-refractivity contribution in [3.8, 4) is 11.5 Å². The van der Waals surface area contributed by atoms with Crippen molar-refractivity contribution in [3.63, 3.8) is 0 Å². The van der Waals surface area contributed by atoms with E-state index in [9.17, 15) is 0 Å². The van der Waals surface area contributed by atoms with Crippen LogP contribution in [0.5, 0.6) is 11.5 Å². The Kier molecular flexibility index (Phi) is 9.07. The number of nitrogens with zero attached hydrogens (tertiary/aromatic N) is 4. The molecular weight excluding hydrogens is 517 g/mol. The minimum atomic E-state index is 0. The molecule has 1 aliphatic heterocycles. The van der Waals surface area contributed by atoms with Crippen molar-refractivity contribution < 1.29 is 9.47 Å². The highest BCUT2D eigenvalue weighted by molar-refractivity contribution is 14.0. The minimum Gasteiger partial charge on any atom is -0.493 e. The predicted molar refractivity (Wildman–Crippen MR) is 138 cm³/mol. The van der Waals surface area contributed by atoms with Crippen LogP contribution in [0.15, 0.2) is 41.9 Å². The number of nitrogens with one attached hydrogen (secondary N) is 1. The van der Waals surface area contributed by atoms with Crippen LogP contribution >= 0.6 is 24.0 Å². The van der Waals surface area contributed by atoms with Gasteiger partial charge in [0.15, 0.2) is 17.5 Å². The quantitative estimate of drug-likeness (QED) is 0.325. The molecule has 1 aromatic heterocycles. The summed E-state index contributed by atoms with van der Waals surface area (Å²) in [6.45, 7) is 4.95. The van der Waals surface area contributed by atoms with Gasteiger partial charge >= 0.3 is 0 Å². The lowest BCUT2D eigenvalue weighted by atomic mass is 9.93. The molecule has 2 aromatic rings. The highest BCUT2D eigenvalue weighted by Crippen LogP contribution is 2.32. The van der Waals surface area contributed by atoms with Crippen LogP contribution in [0.2, 0.25) is 0 Å². The molecule has 0 spiro atoms. The standard InChI is InChI=1S/C24H35N5O2.HI/c1-18-10-12-28(16-21(18)29-13-11-26-17-29)24(25-2)27-15-19-8-9-22(30-3)23(14-19)31-20-6-4-5-7-20;/h8-9,11,13-14,17-18,20-21H,4-7,10,12,15-16H2,1-3H3,(H,25,27);1H. The molecular formula is C24H36IN5O2. The van der Waals surface area contributed by atoms with Crippen molar-refractivity contribution in [1.29, 1.82) is 0 Å². The SMILES string of the molecule is CN=C(NCc1ccc(OC)c(OC2CCCC2)c1)N1CCC(C)C(n2ccnc2)C1.I. The monoisotopic (exact) mass is 553 g/mol. The molecule has 0 bridgehead atoms. The number of halogens is 1. The van der Waals surface area contributed by atoms with Crippen molar-refractivity contribution in [2.75, 3.05) is 27.2 Å². The van der Waals surface area contributed by atoms with Crippen LogP contribution < -0.4 is 14.8 Å². The highest BCUT2D eigenvalue weighted by Gasteiger charge is 2.29. The maximum absolute atomic E-state index is 6.25. The zero-order valence-electron chi connectivity index (χ0n) is 19.4. The molecule has 1 N–H and O–H groups in total. The molecule has 2 heterocycles. The van der Waals surface area contributed by atoms with Gasteiger partial charge in [-0.1, -0.05) is 13.0 Å². The number of piperidine rings is 1. The number of likely N-dealkylation sites (tertiary alicyclic amines) is 1. The molecule has 0 radical (unpaired) electrons. The van der Waals surface area contributed by atoms with Gasteiger partial charge in [0, 0.05) is 39.1 Å². The first-order valence-electron chi connectivity index (χ1n) is 11.4. The number of aliphatic imine (C=N–C) groups is 1. The Morgan fingerprint density at radius 2 is 2.03 bits per heavy atom. The molecule has 32 heavy (non-hydrogen) atoms. The summed E-state index contributed by atoms with van der Waals surface area (Å²) in [5, 5.41) is 3.55. The Morgan fingerprint density at radius 1 is 1.22 bits per heavy atom. The molecule has 2 aliphatic rings. The van der Waals surface area contributed by atoms with Crippen LogP contribution in [0.3, 0.4) is 0 Å². The van der Waals surface area contributed by atoms with Gasteiger partial charge in [-0.3, -0.25) is 4.99 Å². The second-order valence-corrected chi connectivity index (χ2v) is 8.70. The van der Waals surface area contributed by atoms with Crippen LogP contribution in [0, 0.1) is 5.92 Å². The van der Waals surface area contributed by atoms with E-state index >= 15 is 0 Å². The van der Waals surface area contributed by atoms with Crippen molar-refractivity contribution in [3.05, 3.63) is 42.5 Å². The lowest BCUT2D eigenvalue weighted by Crippen LogP contribution is -2.48. The minimum absolute atomic E-state index is 0. The van der Waals surface area contributed by atoms with Gasteiger partial charge in [0.2, 0.25) is 0 Å². The third kappa shape index (κ3) is 5.88. The smallest absolute Gasteiger partial charge is 0.193 e. The molecule has 1 saturated carbocycles. The van der Waals surface area contributed by atoms with E-state index in [1.165, 1.54) is 12.8 Å².